The zero-order chi connectivity index (χ0) is 17.0. The topological polar surface area (TPSA) is 91.4 Å². The summed E-state index contributed by atoms with van der Waals surface area (Å²) in [5.41, 5.74) is 7.27. The lowest BCUT2D eigenvalue weighted by Crippen LogP contribution is -2.42. The van der Waals surface area contributed by atoms with E-state index in [2.05, 4.69) is 11.4 Å². The second-order valence-electron chi connectivity index (χ2n) is 6.86. The highest BCUT2D eigenvalue weighted by molar-refractivity contribution is 5.75. The average Bonchev–Trinajstić information content (AvgIpc) is 2.50. The van der Waals surface area contributed by atoms with E-state index in [0.29, 0.717) is 30.0 Å². The molecule has 0 saturated carbocycles. The van der Waals surface area contributed by atoms with E-state index in [1.165, 1.54) is 0 Å². The first-order valence-corrected chi connectivity index (χ1v) is 7.83. The number of nitrogen functional groups attached to an aromatic ring is 1. The quantitative estimate of drug-likeness (QED) is 0.833. The van der Waals surface area contributed by atoms with Gasteiger partial charge in [-0.3, -0.25) is 0 Å². The molecule has 3 N–H and O–H groups in total. The minimum atomic E-state index is -0.505. The normalized spacial score (nSPS) is 16.6. The molecule has 23 heavy (non-hydrogen) atoms. The van der Waals surface area contributed by atoms with Gasteiger partial charge in [-0.05, 0) is 45.7 Å². The fraction of sp³-hybridized carbons (Fsp3) is 0.529. The van der Waals surface area contributed by atoms with Gasteiger partial charge in [0, 0.05) is 19.1 Å². The van der Waals surface area contributed by atoms with Gasteiger partial charge in [0.1, 0.15) is 6.07 Å². The van der Waals surface area contributed by atoms with Crippen LogP contribution in [-0.4, -0.2) is 30.2 Å². The predicted molar refractivity (Wildman–Crippen MR) is 89.3 cm³/mol. The molecule has 0 bridgehead atoms. The van der Waals surface area contributed by atoms with Crippen LogP contribution in [0.1, 0.15) is 39.2 Å². The molecule has 1 aliphatic heterocycles. The van der Waals surface area contributed by atoms with Gasteiger partial charge in [-0.1, -0.05) is 6.07 Å². The molecule has 6 nitrogen and oxygen atoms in total. The highest BCUT2D eigenvalue weighted by Gasteiger charge is 2.28. The maximum Gasteiger partial charge on any atom is 0.330 e. The molecule has 6 heteroatoms. The average molecular weight is 316 g/mol. The maximum absolute atomic E-state index is 11.9. The molecule has 0 amide bonds. The van der Waals surface area contributed by atoms with E-state index in [9.17, 15) is 10.1 Å². The van der Waals surface area contributed by atoms with Gasteiger partial charge in [0.25, 0.3) is 0 Å². The Balaban J connectivity index is 1.91. The summed E-state index contributed by atoms with van der Waals surface area (Å²) in [6, 6.07) is 7.66. The van der Waals surface area contributed by atoms with E-state index in [1.54, 1.807) is 23.3 Å². The Labute approximate surface area is 137 Å². The van der Waals surface area contributed by atoms with Crippen molar-refractivity contribution in [3.05, 3.63) is 23.8 Å². The number of rotatable bonds is 3. The third-order valence-electron chi connectivity index (χ3n) is 3.84. The van der Waals surface area contributed by atoms with Crippen LogP contribution in [-0.2, 0) is 9.63 Å². The zero-order valence-corrected chi connectivity index (χ0v) is 13.9. The van der Waals surface area contributed by atoms with Crippen LogP contribution in [0.25, 0.3) is 0 Å². The number of benzene rings is 1. The molecule has 0 atom stereocenters. The molecular weight excluding hydrogens is 292 g/mol. The monoisotopic (exact) mass is 316 g/mol. The summed E-state index contributed by atoms with van der Waals surface area (Å²) in [5.74, 6) is -0.219. The highest BCUT2D eigenvalue weighted by Crippen LogP contribution is 2.26. The van der Waals surface area contributed by atoms with E-state index >= 15 is 0 Å². The molecule has 0 aliphatic carbocycles. The fourth-order valence-electron chi connectivity index (χ4n) is 2.37. The third-order valence-corrected chi connectivity index (χ3v) is 3.84. The standard InChI is InChI=1S/C17H24N4O2/c1-17(2,3)16(22)23-21-9-7-13(8-10-21)20-15-12(11-18)5-4-6-14(15)19/h4-6,13,20H,7-10,19H2,1-3H3. The number of carbonyl (C=O) groups is 1. The number of nitrogens with zero attached hydrogens (tertiary/aromatic N) is 2. The summed E-state index contributed by atoms with van der Waals surface area (Å²) in [4.78, 5) is 17.3. The van der Waals surface area contributed by atoms with Gasteiger partial charge >= 0.3 is 5.97 Å². The summed E-state index contributed by atoms with van der Waals surface area (Å²) in [7, 11) is 0. The van der Waals surface area contributed by atoms with Crippen molar-refractivity contribution in [3.63, 3.8) is 0 Å². The van der Waals surface area contributed by atoms with Crippen molar-refractivity contribution in [1.29, 1.82) is 5.26 Å². The van der Waals surface area contributed by atoms with E-state index in [1.807, 2.05) is 20.8 Å². The lowest BCUT2D eigenvalue weighted by molar-refractivity contribution is -0.204. The summed E-state index contributed by atoms with van der Waals surface area (Å²) >= 11 is 0. The first-order chi connectivity index (χ1) is 10.8. The zero-order valence-electron chi connectivity index (χ0n) is 13.9. The number of hydrogen-bond acceptors (Lipinski definition) is 6. The lowest BCUT2D eigenvalue weighted by Gasteiger charge is -2.33. The molecule has 1 heterocycles. The Morgan fingerprint density at radius 1 is 1.39 bits per heavy atom. The number of nitriles is 1. The molecule has 0 spiro atoms. The van der Waals surface area contributed by atoms with E-state index in [0.717, 1.165) is 12.8 Å². The summed E-state index contributed by atoms with van der Waals surface area (Å²) in [5, 5.41) is 14.3. The number of nitrogens with two attached hydrogens (primary N) is 1. The van der Waals surface area contributed by atoms with E-state index in [4.69, 9.17) is 10.6 Å². The highest BCUT2D eigenvalue weighted by atomic mass is 16.7. The smallest absolute Gasteiger partial charge is 0.330 e. The van der Waals surface area contributed by atoms with Gasteiger partial charge in [-0.2, -0.15) is 5.26 Å². The van der Waals surface area contributed by atoms with Crippen molar-refractivity contribution < 1.29 is 9.63 Å². The molecule has 0 aromatic heterocycles. The van der Waals surface area contributed by atoms with Crippen LogP contribution in [0, 0.1) is 16.7 Å². The van der Waals surface area contributed by atoms with Crippen molar-refractivity contribution in [2.45, 2.75) is 39.7 Å². The van der Waals surface area contributed by atoms with Crippen LogP contribution in [0.5, 0.6) is 0 Å². The third kappa shape index (κ3) is 4.36. The molecular formula is C17H24N4O2. The second-order valence-corrected chi connectivity index (χ2v) is 6.86. The molecule has 124 valence electrons. The number of para-hydroxylation sites is 1. The number of piperidine rings is 1. The van der Waals surface area contributed by atoms with Gasteiger partial charge in [0.15, 0.2) is 0 Å². The van der Waals surface area contributed by atoms with E-state index in [-0.39, 0.29) is 12.0 Å². The Morgan fingerprint density at radius 2 is 2.04 bits per heavy atom. The molecule has 1 fully saturated rings. The summed E-state index contributed by atoms with van der Waals surface area (Å²) < 4.78 is 0. The number of nitrogens with one attached hydrogen (secondary N) is 1. The van der Waals surface area contributed by atoms with Gasteiger partial charge in [-0.15, -0.1) is 5.06 Å². The lowest BCUT2D eigenvalue weighted by atomic mass is 9.98. The molecule has 1 aromatic rings. The number of hydrogen-bond donors (Lipinski definition) is 2. The molecule has 0 unspecified atom stereocenters. The molecule has 1 aromatic carbocycles. The Bertz CT molecular complexity index is 608. The molecule has 1 aliphatic rings. The first-order valence-electron chi connectivity index (χ1n) is 7.83. The Kier molecular flexibility index (Phi) is 5.12. The predicted octanol–water partition coefficient (Wildman–Crippen LogP) is 2.52. The maximum atomic E-state index is 11.9. The first kappa shape index (κ1) is 17.1. The van der Waals surface area contributed by atoms with Crippen LogP contribution < -0.4 is 11.1 Å². The summed E-state index contributed by atoms with van der Waals surface area (Å²) in [6.45, 7) is 6.84. The number of anilines is 2. The van der Waals surface area contributed by atoms with Crippen LogP contribution >= 0.6 is 0 Å². The van der Waals surface area contributed by atoms with Crippen molar-refractivity contribution >= 4 is 17.3 Å². The second kappa shape index (κ2) is 6.88. The van der Waals surface area contributed by atoms with Crippen molar-refractivity contribution in [3.8, 4) is 6.07 Å². The Hall–Kier alpha value is -2.26. The van der Waals surface area contributed by atoms with Crippen LogP contribution in [0.15, 0.2) is 18.2 Å². The van der Waals surface area contributed by atoms with E-state index < -0.39 is 5.41 Å². The largest absolute Gasteiger partial charge is 0.397 e. The van der Waals surface area contributed by atoms with Crippen molar-refractivity contribution in [2.75, 3.05) is 24.1 Å². The van der Waals surface area contributed by atoms with Gasteiger partial charge < -0.3 is 15.9 Å². The summed E-state index contributed by atoms with van der Waals surface area (Å²) in [6.07, 6.45) is 1.63. The van der Waals surface area contributed by atoms with Crippen molar-refractivity contribution in [2.24, 2.45) is 5.41 Å². The van der Waals surface area contributed by atoms with Gasteiger partial charge in [0.05, 0.1) is 22.4 Å². The van der Waals surface area contributed by atoms with Crippen molar-refractivity contribution in [1.82, 2.24) is 5.06 Å². The van der Waals surface area contributed by atoms with Gasteiger partial charge in [-0.25, -0.2) is 4.79 Å². The van der Waals surface area contributed by atoms with Gasteiger partial charge in [0.2, 0.25) is 0 Å². The minimum Gasteiger partial charge on any atom is -0.397 e. The SMILES string of the molecule is CC(C)(C)C(=O)ON1CCC(Nc2c(N)cccc2C#N)CC1. The molecule has 0 radical (unpaired) electrons. The van der Waals surface area contributed by atoms with Crippen LogP contribution in [0.2, 0.25) is 0 Å². The molecule has 2 rings (SSSR count). The Morgan fingerprint density at radius 3 is 2.61 bits per heavy atom. The van der Waals surface area contributed by atoms with Crippen LogP contribution in [0.4, 0.5) is 11.4 Å². The fourth-order valence-corrected chi connectivity index (χ4v) is 2.37. The molecule has 1 saturated heterocycles. The minimum absolute atomic E-state index is 0.205. The number of carbonyl (C=O) groups excluding carboxylic acids is 1. The van der Waals surface area contributed by atoms with Crippen LogP contribution in [0.3, 0.4) is 0 Å². The number of hydroxylamine groups is 2.